The van der Waals surface area contributed by atoms with Gasteiger partial charge < -0.3 is 14.8 Å². The number of hydrogen-bond donors (Lipinski definition) is 1. The van der Waals surface area contributed by atoms with Crippen molar-refractivity contribution in [3.8, 4) is 0 Å². The second-order valence-corrected chi connectivity index (χ2v) is 11.2. The standard InChI is InChI=1S/C24H34F3N5O3S/c1-18(2)32(36(34,35)22-7-4-6-20(16-22)24(25,26)27)21-8-13-31(14-9-21)23(33)19(3)29-10-5-12-30-15-11-28-17-30/h4,6-7,11,15-19,21,29H,5,8-10,12-14H2,1-3H3. The molecule has 1 aliphatic heterocycles. The van der Waals surface area contributed by atoms with Crippen LogP contribution in [0.1, 0.15) is 45.6 Å². The smallest absolute Gasteiger partial charge is 0.341 e. The molecule has 0 radical (unpaired) electrons. The number of sulfonamides is 1. The van der Waals surface area contributed by atoms with E-state index in [4.69, 9.17) is 0 Å². The second-order valence-electron chi connectivity index (χ2n) is 9.34. The second kappa shape index (κ2) is 11.7. The van der Waals surface area contributed by atoms with Crippen LogP contribution in [-0.2, 0) is 27.5 Å². The molecule has 1 fully saturated rings. The Kier molecular flexibility index (Phi) is 9.18. The molecule has 200 valence electrons. The number of hydrogen-bond acceptors (Lipinski definition) is 5. The number of amides is 1. The van der Waals surface area contributed by atoms with Gasteiger partial charge in [-0.2, -0.15) is 17.5 Å². The summed E-state index contributed by atoms with van der Waals surface area (Å²) in [6.45, 7) is 7.45. The van der Waals surface area contributed by atoms with Gasteiger partial charge in [0.25, 0.3) is 0 Å². The summed E-state index contributed by atoms with van der Waals surface area (Å²) >= 11 is 0. The molecule has 1 aliphatic rings. The number of piperidine rings is 1. The van der Waals surface area contributed by atoms with Crippen molar-refractivity contribution in [3.63, 3.8) is 0 Å². The van der Waals surface area contributed by atoms with Crippen molar-refractivity contribution in [1.29, 1.82) is 0 Å². The van der Waals surface area contributed by atoms with Gasteiger partial charge in [0.1, 0.15) is 0 Å². The maximum atomic E-state index is 13.4. The highest BCUT2D eigenvalue weighted by atomic mass is 32.2. The van der Waals surface area contributed by atoms with Gasteiger partial charge in [0.2, 0.25) is 15.9 Å². The highest BCUT2D eigenvalue weighted by Gasteiger charge is 2.38. The Balaban J connectivity index is 1.59. The quantitative estimate of drug-likeness (QED) is 0.477. The Hall–Kier alpha value is -2.44. The van der Waals surface area contributed by atoms with Crippen molar-refractivity contribution in [2.75, 3.05) is 19.6 Å². The lowest BCUT2D eigenvalue weighted by atomic mass is 10.0. The van der Waals surface area contributed by atoms with Gasteiger partial charge in [-0.1, -0.05) is 6.07 Å². The molecular formula is C24H34F3N5O3S. The molecule has 1 saturated heterocycles. The fourth-order valence-electron chi connectivity index (χ4n) is 4.55. The molecule has 0 aliphatic carbocycles. The van der Waals surface area contributed by atoms with Crippen molar-refractivity contribution >= 4 is 15.9 Å². The molecular weight excluding hydrogens is 495 g/mol. The summed E-state index contributed by atoms with van der Waals surface area (Å²) < 4.78 is 69.5. The number of halogens is 3. The summed E-state index contributed by atoms with van der Waals surface area (Å²) in [7, 11) is -4.16. The van der Waals surface area contributed by atoms with Gasteiger partial charge in [-0.3, -0.25) is 4.79 Å². The van der Waals surface area contributed by atoms with Crippen LogP contribution in [0.4, 0.5) is 13.2 Å². The van der Waals surface area contributed by atoms with Crippen molar-refractivity contribution in [2.24, 2.45) is 0 Å². The number of likely N-dealkylation sites (tertiary alicyclic amines) is 1. The first-order valence-corrected chi connectivity index (χ1v) is 13.5. The van der Waals surface area contributed by atoms with Crippen LogP contribution >= 0.6 is 0 Å². The van der Waals surface area contributed by atoms with Crippen LogP contribution in [0.25, 0.3) is 0 Å². The predicted octanol–water partition coefficient (Wildman–Crippen LogP) is 3.36. The number of benzene rings is 1. The number of alkyl halides is 3. The molecule has 2 aromatic rings. The van der Waals surface area contributed by atoms with E-state index in [1.807, 2.05) is 17.7 Å². The largest absolute Gasteiger partial charge is 0.416 e. The molecule has 2 heterocycles. The molecule has 1 atom stereocenters. The number of nitrogens with zero attached hydrogens (tertiary/aromatic N) is 4. The summed E-state index contributed by atoms with van der Waals surface area (Å²) in [6.07, 6.45) is 2.37. The number of nitrogens with one attached hydrogen (secondary N) is 1. The molecule has 0 spiro atoms. The Labute approximate surface area is 210 Å². The van der Waals surface area contributed by atoms with E-state index >= 15 is 0 Å². The highest BCUT2D eigenvalue weighted by molar-refractivity contribution is 7.89. The van der Waals surface area contributed by atoms with Gasteiger partial charge in [0.05, 0.1) is 22.8 Å². The molecule has 1 aromatic carbocycles. The maximum Gasteiger partial charge on any atom is 0.416 e. The lowest BCUT2D eigenvalue weighted by Gasteiger charge is -2.40. The molecule has 1 amide bonds. The zero-order chi connectivity index (χ0) is 26.5. The van der Waals surface area contributed by atoms with Gasteiger partial charge in [-0.25, -0.2) is 13.4 Å². The van der Waals surface area contributed by atoms with Gasteiger partial charge >= 0.3 is 6.18 Å². The fourth-order valence-corrected chi connectivity index (χ4v) is 6.48. The number of imidazole rings is 1. The van der Waals surface area contributed by atoms with Gasteiger partial charge in [0, 0.05) is 44.1 Å². The third-order valence-corrected chi connectivity index (χ3v) is 8.48. The van der Waals surface area contributed by atoms with Crippen LogP contribution < -0.4 is 5.32 Å². The molecule has 12 heteroatoms. The van der Waals surface area contributed by atoms with Crippen LogP contribution in [0.3, 0.4) is 0 Å². The average molecular weight is 530 g/mol. The van der Waals surface area contributed by atoms with Crippen LogP contribution in [0, 0.1) is 0 Å². The van der Waals surface area contributed by atoms with Crippen molar-refractivity contribution in [2.45, 2.75) is 75.8 Å². The Bertz CT molecular complexity index is 1100. The van der Waals surface area contributed by atoms with E-state index in [0.29, 0.717) is 38.5 Å². The molecule has 0 bridgehead atoms. The molecule has 0 saturated carbocycles. The summed E-state index contributed by atoms with van der Waals surface area (Å²) in [5.74, 6) is -0.0482. The molecule has 1 N–H and O–H groups in total. The number of carbonyl (C=O) groups excluding carboxylic acids is 1. The lowest BCUT2D eigenvalue weighted by molar-refractivity contribution is -0.137. The van der Waals surface area contributed by atoms with E-state index in [2.05, 4.69) is 10.3 Å². The van der Waals surface area contributed by atoms with E-state index < -0.39 is 33.8 Å². The predicted molar refractivity (Wildman–Crippen MR) is 130 cm³/mol. The third-order valence-electron chi connectivity index (χ3n) is 6.35. The van der Waals surface area contributed by atoms with Crippen molar-refractivity contribution in [3.05, 3.63) is 48.5 Å². The van der Waals surface area contributed by atoms with Gasteiger partial charge in [0.15, 0.2) is 0 Å². The van der Waals surface area contributed by atoms with E-state index in [1.165, 1.54) is 10.4 Å². The van der Waals surface area contributed by atoms with E-state index in [1.54, 1.807) is 31.3 Å². The Morgan fingerprint density at radius 1 is 1.22 bits per heavy atom. The van der Waals surface area contributed by atoms with Crippen LogP contribution in [0.2, 0.25) is 0 Å². The van der Waals surface area contributed by atoms with Crippen molar-refractivity contribution < 1.29 is 26.4 Å². The van der Waals surface area contributed by atoms with E-state index in [0.717, 1.165) is 25.1 Å². The molecule has 36 heavy (non-hydrogen) atoms. The third kappa shape index (κ3) is 6.86. The first-order chi connectivity index (χ1) is 16.9. The summed E-state index contributed by atoms with van der Waals surface area (Å²) in [5.41, 5.74) is -1.00. The number of rotatable bonds is 10. The number of aryl methyl sites for hydroxylation is 1. The summed E-state index contributed by atoms with van der Waals surface area (Å²) in [5, 5.41) is 3.23. The zero-order valence-corrected chi connectivity index (χ0v) is 21.6. The minimum Gasteiger partial charge on any atom is -0.341 e. The maximum absolute atomic E-state index is 13.4. The first-order valence-electron chi connectivity index (χ1n) is 12.1. The molecule has 3 rings (SSSR count). The van der Waals surface area contributed by atoms with Crippen LogP contribution in [0.5, 0.6) is 0 Å². The first kappa shape index (κ1) is 28.1. The molecule has 1 unspecified atom stereocenters. The minimum atomic E-state index is -4.63. The van der Waals surface area contributed by atoms with Gasteiger partial charge in [-0.15, -0.1) is 0 Å². The number of carbonyl (C=O) groups is 1. The monoisotopic (exact) mass is 529 g/mol. The number of aromatic nitrogens is 2. The molecule has 8 nitrogen and oxygen atoms in total. The topological polar surface area (TPSA) is 87.5 Å². The average Bonchev–Trinajstić information content (AvgIpc) is 3.34. The lowest BCUT2D eigenvalue weighted by Crippen LogP contribution is -2.53. The fraction of sp³-hybridized carbons (Fsp3) is 0.583. The Morgan fingerprint density at radius 3 is 2.50 bits per heavy atom. The zero-order valence-electron chi connectivity index (χ0n) is 20.8. The normalized spacial score (nSPS) is 16.6. The molecule has 1 aromatic heterocycles. The highest BCUT2D eigenvalue weighted by Crippen LogP contribution is 2.33. The van der Waals surface area contributed by atoms with E-state index in [-0.39, 0.29) is 16.8 Å². The SMILES string of the molecule is CC(NCCCn1ccnc1)C(=O)N1CCC(N(C(C)C)S(=O)(=O)c2cccc(C(F)(F)F)c2)CC1. The van der Waals surface area contributed by atoms with Gasteiger partial charge in [-0.05, 0) is 64.8 Å². The van der Waals surface area contributed by atoms with Crippen LogP contribution in [-0.4, -0.2) is 70.8 Å². The summed E-state index contributed by atoms with van der Waals surface area (Å²) in [4.78, 5) is 18.2. The van der Waals surface area contributed by atoms with Crippen LogP contribution in [0.15, 0.2) is 47.9 Å². The van der Waals surface area contributed by atoms with E-state index in [9.17, 15) is 26.4 Å². The summed E-state index contributed by atoms with van der Waals surface area (Å²) in [6, 6.07) is 2.61. The van der Waals surface area contributed by atoms with Crippen molar-refractivity contribution in [1.82, 2.24) is 24.1 Å². The Morgan fingerprint density at radius 2 is 1.92 bits per heavy atom. The minimum absolute atomic E-state index is 0.0482.